The molecule has 0 spiro atoms. The van der Waals surface area contributed by atoms with Crippen molar-refractivity contribution in [3.05, 3.63) is 81.2 Å². The minimum Gasteiger partial charge on any atom is -0.341 e. The number of aryl methyl sites for hydroxylation is 2. The van der Waals surface area contributed by atoms with Crippen molar-refractivity contribution in [1.29, 1.82) is 0 Å². The first-order valence-electron chi connectivity index (χ1n) is 11.3. The molecule has 1 amide bonds. The topological polar surface area (TPSA) is 67.2 Å². The van der Waals surface area contributed by atoms with Gasteiger partial charge in [-0.05, 0) is 68.0 Å². The number of aromatic nitrogens is 2. The largest absolute Gasteiger partial charge is 0.341 e. The van der Waals surface area contributed by atoms with Crippen molar-refractivity contribution in [3.63, 3.8) is 0 Å². The molecular weight excluding hydrogens is 451 g/mol. The number of fused-ring (bicyclic) bond motifs is 1. The van der Waals surface area contributed by atoms with E-state index >= 15 is 0 Å². The summed E-state index contributed by atoms with van der Waals surface area (Å²) in [6.07, 6.45) is 1.50. The Balaban J connectivity index is 1.47. The number of hydrogen-bond acceptors (Lipinski definition) is 5. The Labute approximate surface area is 200 Å². The molecule has 2 aromatic carbocycles. The first kappa shape index (κ1) is 22.3. The Kier molecular flexibility index (Phi) is 5.91. The fourth-order valence-electron chi connectivity index (χ4n) is 4.33. The maximum atomic E-state index is 13.9. The van der Waals surface area contributed by atoms with Crippen molar-refractivity contribution in [2.24, 2.45) is 5.92 Å². The Morgan fingerprint density at radius 1 is 1.15 bits per heavy atom. The molecule has 0 aliphatic carbocycles. The quantitative estimate of drug-likeness (QED) is 0.447. The number of carbonyl (C=O) groups excluding carboxylic acids is 1. The number of amides is 1. The van der Waals surface area contributed by atoms with Gasteiger partial charge >= 0.3 is 0 Å². The summed E-state index contributed by atoms with van der Waals surface area (Å²) in [6.45, 7) is 4.80. The molecule has 2 aromatic heterocycles. The summed E-state index contributed by atoms with van der Waals surface area (Å²) in [7, 11) is 0. The molecule has 6 nitrogen and oxygen atoms in total. The van der Waals surface area contributed by atoms with E-state index in [0.29, 0.717) is 46.9 Å². The van der Waals surface area contributed by atoms with Crippen molar-refractivity contribution in [1.82, 2.24) is 9.55 Å². The highest BCUT2D eigenvalue weighted by Crippen LogP contribution is 2.27. The molecule has 0 radical (unpaired) electrons. The molecule has 5 rings (SSSR count). The monoisotopic (exact) mass is 476 g/mol. The lowest BCUT2D eigenvalue weighted by atomic mass is 9.97. The van der Waals surface area contributed by atoms with Crippen LogP contribution in [0.5, 0.6) is 0 Å². The molecule has 1 atom stereocenters. The smallest absolute Gasteiger partial charge is 0.277 e. The minimum atomic E-state index is -0.349. The lowest BCUT2D eigenvalue weighted by Gasteiger charge is -2.34. The van der Waals surface area contributed by atoms with Crippen molar-refractivity contribution in [2.75, 3.05) is 23.3 Å². The van der Waals surface area contributed by atoms with Gasteiger partial charge in [0.1, 0.15) is 10.5 Å². The van der Waals surface area contributed by atoms with Gasteiger partial charge in [0.05, 0.1) is 17.1 Å². The molecule has 1 fully saturated rings. The number of thiophene rings is 1. The normalized spacial score (nSPS) is 16.1. The van der Waals surface area contributed by atoms with Gasteiger partial charge in [-0.2, -0.15) is 0 Å². The average molecular weight is 477 g/mol. The van der Waals surface area contributed by atoms with Crippen LogP contribution in [0.25, 0.3) is 15.9 Å². The van der Waals surface area contributed by atoms with Crippen LogP contribution in [0.4, 0.5) is 16.0 Å². The van der Waals surface area contributed by atoms with E-state index < -0.39 is 0 Å². The van der Waals surface area contributed by atoms with Crippen LogP contribution in [-0.2, 0) is 4.79 Å². The maximum Gasteiger partial charge on any atom is 0.277 e. The highest BCUT2D eigenvalue weighted by Gasteiger charge is 2.29. The third-order valence-corrected chi connectivity index (χ3v) is 7.16. The number of rotatable bonds is 4. The average Bonchev–Trinajstić information content (AvgIpc) is 3.31. The van der Waals surface area contributed by atoms with Crippen molar-refractivity contribution < 1.29 is 9.18 Å². The summed E-state index contributed by atoms with van der Waals surface area (Å²) in [4.78, 5) is 33.3. The molecule has 1 saturated heterocycles. The fraction of sp³-hybridized carbons (Fsp3) is 0.269. The van der Waals surface area contributed by atoms with E-state index in [9.17, 15) is 14.0 Å². The van der Waals surface area contributed by atoms with Gasteiger partial charge in [0.25, 0.3) is 5.56 Å². The molecule has 1 unspecified atom stereocenters. The van der Waals surface area contributed by atoms with Gasteiger partial charge in [-0.3, -0.25) is 9.59 Å². The van der Waals surface area contributed by atoms with Gasteiger partial charge in [-0.15, -0.1) is 11.3 Å². The summed E-state index contributed by atoms with van der Waals surface area (Å²) in [6, 6.07) is 14.3. The van der Waals surface area contributed by atoms with E-state index in [1.807, 2.05) is 47.5 Å². The summed E-state index contributed by atoms with van der Waals surface area (Å²) in [5.74, 6) is -0.273. The number of benzene rings is 2. The van der Waals surface area contributed by atoms with E-state index in [4.69, 9.17) is 4.98 Å². The predicted octanol–water partition coefficient (Wildman–Crippen LogP) is 5.06. The van der Waals surface area contributed by atoms with E-state index in [1.165, 1.54) is 17.4 Å². The van der Waals surface area contributed by atoms with Crippen molar-refractivity contribution in [3.8, 4) is 5.69 Å². The Morgan fingerprint density at radius 2 is 1.94 bits per heavy atom. The third kappa shape index (κ3) is 4.21. The Morgan fingerprint density at radius 3 is 2.71 bits per heavy atom. The second kappa shape index (κ2) is 9.02. The van der Waals surface area contributed by atoms with Crippen LogP contribution in [0, 0.1) is 25.6 Å². The number of piperidine rings is 1. The van der Waals surface area contributed by atoms with Gasteiger partial charge < -0.3 is 10.2 Å². The molecule has 1 N–H and O–H groups in total. The van der Waals surface area contributed by atoms with Gasteiger partial charge in [-0.25, -0.2) is 13.9 Å². The third-order valence-electron chi connectivity index (χ3n) is 6.27. The number of carbonyl (C=O) groups is 1. The molecule has 34 heavy (non-hydrogen) atoms. The van der Waals surface area contributed by atoms with Crippen LogP contribution in [0.1, 0.15) is 24.0 Å². The fourth-order valence-corrected chi connectivity index (χ4v) is 5.09. The number of nitrogens with zero attached hydrogens (tertiary/aromatic N) is 3. The Hall–Kier alpha value is -3.52. The summed E-state index contributed by atoms with van der Waals surface area (Å²) in [5.41, 5.74) is 3.38. The molecule has 174 valence electrons. The number of halogens is 1. The summed E-state index contributed by atoms with van der Waals surface area (Å²) < 4.78 is 16.2. The summed E-state index contributed by atoms with van der Waals surface area (Å²) >= 11 is 1.38. The SMILES string of the molecule is Cc1ccc(-n2c(N3CCCC(C(=O)Nc4ccc(C)c(F)c4)C3)nc3ccsc3c2=O)cc1. The molecule has 1 aliphatic heterocycles. The highest BCUT2D eigenvalue weighted by molar-refractivity contribution is 7.17. The first-order chi connectivity index (χ1) is 16.4. The van der Waals surface area contributed by atoms with Crippen LogP contribution in [0.15, 0.2) is 58.7 Å². The van der Waals surface area contributed by atoms with Crippen LogP contribution in [0.2, 0.25) is 0 Å². The number of anilines is 2. The summed E-state index contributed by atoms with van der Waals surface area (Å²) in [5, 5.41) is 4.72. The second-order valence-electron chi connectivity index (χ2n) is 8.76. The molecule has 0 bridgehead atoms. The van der Waals surface area contributed by atoms with E-state index in [1.54, 1.807) is 23.6 Å². The first-order valence-corrected chi connectivity index (χ1v) is 12.2. The lowest BCUT2D eigenvalue weighted by Crippen LogP contribution is -2.43. The molecular formula is C26H25FN4O2S. The molecule has 3 heterocycles. The van der Waals surface area contributed by atoms with E-state index in [0.717, 1.165) is 17.7 Å². The molecule has 4 aromatic rings. The molecule has 1 aliphatic rings. The highest BCUT2D eigenvalue weighted by atomic mass is 32.1. The van der Waals surface area contributed by atoms with Gasteiger partial charge in [0.15, 0.2) is 0 Å². The predicted molar refractivity (Wildman–Crippen MR) is 135 cm³/mol. The van der Waals surface area contributed by atoms with Crippen LogP contribution >= 0.6 is 11.3 Å². The van der Waals surface area contributed by atoms with Gasteiger partial charge in [0.2, 0.25) is 11.9 Å². The lowest BCUT2D eigenvalue weighted by molar-refractivity contribution is -0.120. The zero-order valence-electron chi connectivity index (χ0n) is 19.0. The zero-order chi connectivity index (χ0) is 23.8. The number of nitrogens with one attached hydrogen (secondary N) is 1. The van der Waals surface area contributed by atoms with E-state index in [-0.39, 0.29) is 23.2 Å². The van der Waals surface area contributed by atoms with Crippen molar-refractivity contribution in [2.45, 2.75) is 26.7 Å². The Bertz CT molecular complexity index is 1430. The zero-order valence-corrected chi connectivity index (χ0v) is 19.9. The van der Waals surface area contributed by atoms with E-state index in [2.05, 4.69) is 5.32 Å². The van der Waals surface area contributed by atoms with Gasteiger partial charge in [-0.1, -0.05) is 23.8 Å². The standard InChI is InChI=1S/C26H25FN4O2S/c1-16-5-9-20(10-6-16)31-25(33)23-22(11-13-34-23)29-26(31)30-12-3-4-18(15-30)24(32)28-19-8-7-17(2)21(27)14-19/h5-11,13-14,18H,3-4,12,15H2,1-2H3,(H,28,32). The molecule has 8 heteroatoms. The second-order valence-corrected chi connectivity index (χ2v) is 9.68. The van der Waals surface area contributed by atoms with Crippen LogP contribution in [-0.4, -0.2) is 28.5 Å². The van der Waals surface area contributed by atoms with Crippen LogP contribution in [0.3, 0.4) is 0 Å². The van der Waals surface area contributed by atoms with Crippen molar-refractivity contribution >= 4 is 39.1 Å². The number of hydrogen-bond donors (Lipinski definition) is 1. The minimum absolute atomic E-state index is 0.111. The molecule has 0 saturated carbocycles. The maximum absolute atomic E-state index is 13.9. The van der Waals surface area contributed by atoms with Gasteiger partial charge in [0, 0.05) is 18.8 Å². The van der Waals surface area contributed by atoms with Crippen LogP contribution < -0.4 is 15.8 Å².